The van der Waals surface area contributed by atoms with E-state index in [1.807, 2.05) is 0 Å². The van der Waals surface area contributed by atoms with Gasteiger partial charge in [-0.25, -0.2) is 14.6 Å². The van der Waals surface area contributed by atoms with Crippen molar-refractivity contribution in [3.8, 4) is 5.75 Å². The number of carbonyl (C=O) groups is 3. The number of rotatable bonds is 5. The van der Waals surface area contributed by atoms with Crippen molar-refractivity contribution in [1.29, 1.82) is 0 Å². The number of allylic oxidation sites excluding steroid dienone is 1. The Kier molecular flexibility index (Phi) is 6.98. The Bertz CT molecular complexity index is 1560. The Morgan fingerprint density at radius 2 is 1.61 bits per heavy atom. The Morgan fingerprint density at radius 3 is 2.19 bits per heavy atom. The number of hydrogen-bond donors (Lipinski definition) is 0. The van der Waals surface area contributed by atoms with Gasteiger partial charge in [0.2, 0.25) is 0 Å². The van der Waals surface area contributed by atoms with Gasteiger partial charge < -0.3 is 14.2 Å². The molecule has 2 aromatic carbocycles. The Morgan fingerprint density at radius 1 is 0.972 bits per heavy atom. The normalized spacial score (nSPS) is 15.1. The molecule has 1 aromatic heterocycles. The quantitative estimate of drug-likeness (QED) is 0.385. The fourth-order valence-electron chi connectivity index (χ4n) is 3.88. The van der Waals surface area contributed by atoms with Crippen LogP contribution >= 0.6 is 11.3 Å². The summed E-state index contributed by atoms with van der Waals surface area (Å²) in [7, 11) is 2.56. The summed E-state index contributed by atoms with van der Waals surface area (Å²) in [6.45, 7) is 3.01. The van der Waals surface area contributed by atoms with Gasteiger partial charge in [-0.3, -0.25) is 14.2 Å². The van der Waals surface area contributed by atoms with Crippen LogP contribution in [0.4, 0.5) is 0 Å². The fraction of sp³-hybridized carbons (Fsp3) is 0.192. The van der Waals surface area contributed by atoms with E-state index in [1.54, 1.807) is 61.5 Å². The van der Waals surface area contributed by atoms with E-state index in [0.717, 1.165) is 5.56 Å². The van der Waals surface area contributed by atoms with Gasteiger partial charge in [0.05, 0.1) is 41.6 Å². The molecule has 0 aliphatic carbocycles. The lowest BCUT2D eigenvalue weighted by molar-refractivity contribution is -0.136. The third-order valence-electron chi connectivity index (χ3n) is 5.51. The predicted octanol–water partition coefficient (Wildman–Crippen LogP) is 2.12. The van der Waals surface area contributed by atoms with Gasteiger partial charge in [-0.2, -0.15) is 0 Å². The molecule has 0 spiro atoms. The molecule has 4 rings (SSSR count). The van der Waals surface area contributed by atoms with Crippen LogP contribution in [0.25, 0.3) is 6.08 Å². The van der Waals surface area contributed by atoms with Crippen LogP contribution in [-0.2, 0) is 19.1 Å². The summed E-state index contributed by atoms with van der Waals surface area (Å²) < 4.78 is 16.7. The van der Waals surface area contributed by atoms with Crippen LogP contribution in [0.3, 0.4) is 0 Å². The molecule has 0 fully saturated rings. The number of methoxy groups -OCH3 is 2. The van der Waals surface area contributed by atoms with Crippen molar-refractivity contribution in [1.82, 2.24) is 4.57 Å². The fourth-order valence-corrected chi connectivity index (χ4v) is 4.92. The summed E-state index contributed by atoms with van der Waals surface area (Å²) in [5.74, 6) is -1.12. The lowest BCUT2D eigenvalue weighted by Gasteiger charge is -2.24. The number of ether oxygens (including phenoxy) is 3. The van der Waals surface area contributed by atoms with Gasteiger partial charge in [0.1, 0.15) is 5.75 Å². The molecular weight excluding hydrogens is 484 g/mol. The van der Waals surface area contributed by atoms with Crippen molar-refractivity contribution in [2.45, 2.75) is 19.9 Å². The molecule has 9 nitrogen and oxygen atoms in total. The summed E-state index contributed by atoms with van der Waals surface area (Å²) in [6, 6.07) is 12.4. The third kappa shape index (κ3) is 4.76. The van der Waals surface area contributed by atoms with Crippen LogP contribution in [0.1, 0.15) is 41.4 Å². The molecule has 1 aliphatic rings. The molecule has 1 unspecified atom stereocenters. The van der Waals surface area contributed by atoms with E-state index in [2.05, 4.69) is 4.99 Å². The monoisotopic (exact) mass is 506 g/mol. The van der Waals surface area contributed by atoms with E-state index in [1.165, 1.54) is 37.0 Å². The van der Waals surface area contributed by atoms with Gasteiger partial charge >= 0.3 is 17.9 Å². The number of carbonyl (C=O) groups excluding carboxylic acids is 3. The molecule has 10 heteroatoms. The summed E-state index contributed by atoms with van der Waals surface area (Å²) in [4.78, 5) is 54.3. The average Bonchev–Trinajstić information content (AvgIpc) is 3.17. The maximum atomic E-state index is 13.6. The number of nitrogens with zero attached hydrogens (tertiary/aromatic N) is 2. The van der Waals surface area contributed by atoms with Gasteiger partial charge in [-0.1, -0.05) is 35.6 Å². The molecule has 0 bridgehead atoms. The van der Waals surface area contributed by atoms with Crippen LogP contribution in [0.5, 0.6) is 5.75 Å². The highest BCUT2D eigenvalue weighted by Gasteiger charge is 2.33. The number of fused-ring (bicyclic) bond motifs is 1. The highest BCUT2D eigenvalue weighted by molar-refractivity contribution is 7.07. The second-order valence-electron chi connectivity index (χ2n) is 7.85. The molecule has 2 heterocycles. The Labute approximate surface area is 209 Å². The number of benzene rings is 2. The number of thiazole rings is 1. The summed E-state index contributed by atoms with van der Waals surface area (Å²) >= 11 is 1.19. The Balaban J connectivity index is 1.85. The van der Waals surface area contributed by atoms with Gasteiger partial charge in [-0.05, 0) is 48.4 Å². The molecule has 1 atom stereocenters. The van der Waals surface area contributed by atoms with E-state index < -0.39 is 23.9 Å². The maximum absolute atomic E-state index is 13.6. The highest BCUT2D eigenvalue weighted by atomic mass is 32.1. The van der Waals surface area contributed by atoms with Gasteiger partial charge in [0.25, 0.3) is 5.56 Å². The van der Waals surface area contributed by atoms with Crippen molar-refractivity contribution in [3.63, 3.8) is 0 Å². The third-order valence-corrected chi connectivity index (χ3v) is 6.50. The van der Waals surface area contributed by atoms with E-state index >= 15 is 0 Å². The highest BCUT2D eigenvalue weighted by Crippen LogP contribution is 2.30. The van der Waals surface area contributed by atoms with Crippen LogP contribution in [-0.4, -0.2) is 36.7 Å². The molecule has 0 amide bonds. The van der Waals surface area contributed by atoms with Crippen molar-refractivity contribution in [2.24, 2.45) is 4.99 Å². The molecule has 184 valence electrons. The van der Waals surface area contributed by atoms with Crippen LogP contribution in [0.2, 0.25) is 0 Å². The molecule has 1 aliphatic heterocycles. The molecule has 0 N–H and O–H groups in total. The lowest BCUT2D eigenvalue weighted by atomic mass is 9.95. The predicted molar refractivity (Wildman–Crippen MR) is 131 cm³/mol. The van der Waals surface area contributed by atoms with Gasteiger partial charge in [0.15, 0.2) is 4.80 Å². The first-order chi connectivity index (χ1) is 17.2. The van der Waals surface area contributed by atoms with Crippen molar-refractivity contribution < 1.29 is 28.6 Å². The standard InChI is InChI=1S/C26H22N2O7S/c1-14-21(25(32)34-4)22(17-7-9-18(10-8-17)24(31)33-3)28-23(30)20(36-26(28)27-14)13-16-5-11-19(12-6-16)35-15(2)29/h5-13,22H,1-4H3. The molecular formula is C26H22N2O7S. The minimum atomic E-state index is -0.797. The number of aromatic nitrogens is 1. The minimum absolute atomic E-state index is 0.230. The van der Waals surface area contributed by atoms with E-state index in [9.17, 15) is 19.2 Å². The number of hydrogen-bond acceptors (Lipinski definition) is 9. The van der Waals surface area contributed by atoms with E-state index in [-0.39, 0.29) is 11.1 Å². The molecule has 0 saturated carbocycles. The summed E-state index contributed by atoms with van der Waals surface area (Å²) in [5.41, 5.74) is 2.00. The smallest absolute Gasteiger partial charge is 0.338 e. The topological polar surface area (TPSA) is 113 Å². The Hall–Kier alpha value is -4.31. The molecule has 0 saturated heterocycles. The largest absolute Gasteiger partial charge is 0.466 e. The SMILES string of the molecule is COC(=O)C1=C(C)N=c2sc(=Cc3ccc(OC(C)=O)cc3)c(=O)n2C1c1ccc(C(=O)OC)cc1. The molecule has 3 aromatic rings. The van der Waals surface area contributed by atoms with Crippen molar-refractivity contribution in [3.05, 3.63) is 96.2 Å². The number of esters is 3. The van der Waals surface area contributed by atoms with Crippen LogP contribution in [0.15, 0.2) is 69.6 Å². The summed E-state index contributed by atoms with van der Waals surface area (Å²) in [5, 5.41) is 0. The molecule has 0 radical (unpaired) electrons. The maximum Gasteiger partial charge on any atom is 0.338 e. The zero-order chi connectivity index (χ0) is 26.0. The van der Waals surface area contributed by atoms with Crippen molar-refractivity contribution >= 4 is 35.3 Å². The van der Waals surface area contributed by atoms with Gasteiger partial charge in [0, 0.05) is 6.92 Å². The van der Waals surface area contributed by atoms with E-state index in [4.69, 9.17) is 14.2 Å². The van der Waals surface area contributed by atoms with Crippen molar-refractivity contribution in [2.75, 3.05) is 14.2 Å². The lowest BCUT2D eigenvalue weighted by Crippen LogP contribution is -2.39. The average molecular weight is 507 g/mol. The molecule has 36 heavy (non-hydrogen) atoms. The van der Waals surface area contributed by atoms with Crippen LogP contribution < -0.4 is 19.6 Å². The first-order valence-electron chi connectivity index (χ1n) is 10.8. The van der Waals surface area contributed by atoms with Gasteiger partial charge in [-0.15, -0.1) is 0 Å². The second-order valence-corrected chi connectivity index (χ2v) is 8.86. The minimum Gasteiger partial charge on any atom is -0.466 e. The zero-order valence-electron chi connectivity index (χ0n) is 19.9. The van der Waals surface area contributed by atoms with E-state index in [0.29, 0.717) is 31.9 Å². The zero-order valence-corrected chi connectivity index (χ0v) is 20.8. The van der Waals surface area contributed by atoms with Crippen LogP contribution in [0, 0.1) is 0 Å². The first kappa shape index (κ1) is 24.8. The summed E-state index contributed by atoms with van der Waals surface area (Å²) in [6.07, 6.45) is 1.70. The second kappa shape index (κ2) is 10.1. The first-order valence-corrected chi connectivity index (χ1v) is 11.6.